The molecule has 0 spiro atoms. The maximum atomic E-state index is 13.8. The van der Waals surface area contributed by atoms with Gasteiger partial charge in [-0.2, -0.15) is 18.3 Å². The summed E-state index contributed by atoms with van der Waals surface area (Å²) in [5.74, 6) is 0.421. The van der Waals surface area contributed by atoms with E-state index in [-0.39, 0.29) is 23.7 Å². The number of anilines is 1. The van der Waals surface area contributed by atoms with Crippen molar-refractivity contribution < 1.29 is 22.7 Å². The summed E-state index contributed by atoms with van der Waals surface area (Å²) in [6.07, 6.45) is -0.581. The Labute approximate surface area is 166 Å². The number of benzene rings is 1. The molecule has 1 aromatic heterocycles. The van der Waals surface area contributed by atoms with Crippen molar-refractivity contribution in [3.05, 3.63) is 41.6 Å². The van der Waals surface area contributed by atoms with Gasteiger partial charge in [-0.15, -0.1) is 0 Å². The number of nitrogens with one attached hydrogen (secondary N) is 1. The molecule has 1 amide bonds. The van der Waals surface area contributed by atoms with E-state index in [1.54, 1.807) is 29.2 Å². The molecule has 3 heterocycles. The van der Waals surface area contributed by atoms with Crippen LogP contribution in [-0.2, 0) is 0 Å². The van der Waals surface area contributed by atoms with Crippen LogP contribution < -0.4 is 10.1 Å². The molecule has 1 N–H and O–H groups in total. The molecular weight excluding hydrogens is 385 g/mol. The quantitative estimate of drug-likeness (QED) is 0.828. The summed E-state index contributed by atoms with van der Waals surface area (Å²) in [5, 5.41) is 7.08. The third-order valence-corrected chi connectivity index (χ3v) is 5.61. The molecule has 156 valence electrons. The molecule has 4 rings (SSSR count). The third kappa shape index (κ3) is 3.77. The standard InChI is InChI=1S/C20H23F3N4O2/c1-29-14-7-5-6-13(10-14)16-11-17(20(21,22)23)27-18(25-16)15(12-24-27)19(28)26-8-3-2-4-9-26/h5-7,10,12,16-17,25H,2-4,8-9,11H2,1H3. The Morgan fingerprint density at radius 1 is 1.24 bits per heavy atom. The molecule has 2 unspecified atom stereocenters. The summed E-state index contributed by atoms with van der Waals surface area (Å²) in [4.78, 5) is 14.7. The molecule has 1 aromatic carbocycles. The summed E-state index contributed by atoms with van der Waals surface area (Å²) in [5.41, 5.74) is 0.858. The van der Waals surface area contributed by atoms with Gasteiger partial charge in [0.2, 0.25) is 0 Å². The van der Waals surface area contributed by atoms with E-state index in [1.807, 2.05) is 0 Å². The number of alkyl halides is 3. The number of carbonyl (C=O) groups excluding carboxylic acids is 1. The SMILES string of the molecule is COc1cccc(C2CC(C(F)(F)F)n3ncc(C(=O)N4CCCCC4)c3N2)c1. The van der Waals surface area contributed by atoms with E-state index >= 15 is 0 Å². The van der Waals surface area contributed by atoms with Gasteiger partial charge in [0, 0.05) is 19.5 Å². The second-order valence-corrected chi connectivity index (χ2v) is 7.47. The van der Waals surface area contributed by atoms with Crippen LogP contribution in [0.25, 0.3) is 0 Å². The third-order valence-electron chi connectivity index (χ3n) is 5.61. The monoisotopic (exact) mass is 408 g/mol. The van der Waals surface area contributed by atoms with Crippen molar-refractivity contribution in [2.24, 2.45) is 0 Å². The summed E-state index contributed by atoms with van der Waals surface area (Å²) in [6.45, 7) is 1.23. The number of halogens is 3. The number of ether oxygens (including phenoxy) is 1. The van der Waals surface area contributed by atoms with E-state index in [2.05, 4.69) is 10.4 Å². The van der Waals surface area contributed by atoms with E-state index in [1.165, 1.54) is 13.3 Å². The van der Waals surface area contributed by atoms with Gasteiger partial charge in [-0.05, 0) is 37.0 Å². The highest BCUT2D eigenvalue weighted by molar-refractivity contribution is 5.99. The van der Waals surface area contributed by atoms with Gasteiger partial charge in [-0.1, -0.05) is 12.1 Å². The maximum Gasteiger partial charge on any atom is 0.410 e. The van der Waals surface area contributed by atoms with E-state index in [9.17, 15) is 18.0 Å². The summed E-state index contributed by atoms with van der Waals surface area (Å²) < 4.78 is 47.6. The Morgan fingerprint density at radius 2 is 2.00 bits per heavy atom. The zero-order valence-corrected chi connectivity index (χ0v) is 16.1. The van der Waals surface area contributed by atoms with Crippen LogP contribution in [-0.4, -0.2) is 47.0 Å². The number of likely N-dealkylation sites (tertiary alicyclic amines) is 1. The van der Waals surface area contributed by atoms with E-state index in [0.717, 1.165) is 23.9 Å². The first-order valence-corrected chi connectivity index (χ1v) is 9.72. The van der Waals surface area contributed by atoms with Gasteiger partial charge in [0.1, 0.15) is 17.1 Å². The number of aromatic nitrogens is 2. The number of carbonyl (C=O) groups is 1. The van der Waals surface area contributed by atoms with Crippen LogP contribution in [0.2, 0.25) is 0 Å². The molecule has 2 atom stereocenters. The zero-order chi connectivity index (χ0) is 20.6. The number of methoxy groups -OCH3 is 1. The zero-order valence-electron chi connectivity index (χ0n) is 16.1. The smallest absolute Gasteiger partial charge is 0.410 e. The number of piperidine rings is 1. The lowest BCUT2D eigenvalue weighted by Gasteiger charge is -2.34. The lowest BCUT2D eigenvalue weighted by atomic mass is 9.96. The van der Waals surface area contributed by atoms with Crippen LogP contribution in [0.5, 0.6) is 5.75 Å². The van der Waals surface area contributed by atoms with Crippen LogP contribution in [0.3, 0.4) is 0 Å². The van der Waals surface area contributed by atoms with Crippen molar-refractivity contribution in [3.63, 3.8) is 0 Å². The fraction of sp³-hybridized carbons (Fsp3) is 0.500. The fourth-order valence-electron chi connectivity index (χ4n) is 4.06. The topological polar surface area (TPSA) is 59.4 Å². The predicted octanol–water partition coefficient (Wildman–Crippen LogP) is 4.18. The van der Waals surface area contributed by atoms with Gasteiger partial charge < -0.3 is 15.0 Å². The molecule has 2 aliphatic rings. The number of fused-ring (bicyclic) bond motifs is 1. The number of hydrogen-bond donors (Lipinski definition) is 1. The highest BCUT2D eigenvalue weighted by atomic mass is 19.4. The average Bonchev–Trinajstić information content (AvgIpc) is 3.16. The van der Waals surface area contributed by atoms with Crippen LogP contribution in [0.4, 0.5) is 19.0 Å². The first-order chi connectivity index (χ1) is 13.9. The Kier molecular flexibility index (Phi) is 5.14. The van der Waals surface area contributed by atoms with Gasteiger partial charge in [0.05, 0.1) is 19.3 Å². The number of amides is 1. The Balaban J connectivity index is 1.71. The van der Waals surface area contributed by atoms with Crippen LogP contribution in [0.1, 0.15) is 53.7 Å². The van der Waals surface area contributed by atoms with Crippen molar-refractivity contribution in [2.75, 3.05) is 25.5 Å². The summed E-state index contributed by atoms with van der Waals surface area (Å²) >= 11 is 0. The van der Waals surface area contributed by atoms with Crippen LogP contribution >= 0.6 is 0 Å². The van der Waals surface area contributed by atoms with Crippen molar-refractivity contribution in [1.82, 2.24) is 14.7 Å². The summed E-state index contributed by atoms with van der Waals surface area (Å²) in [7, 11) is 1.51. The van der Waals surface area contributed by atoms with Gasteiger partial charge in [-0.25, -0.2) is 4.68 Å². The fourth-order valence-corrected chi connectivity index (χ4v) is 4.06. The van der Waals surface area contributed by atoms with Crippen LogP contribution in [0, 0.1) is 0 Å². The van der Waals surface area contributed by atoms with Gasteiger partial charge in [0.25, 0.3) is 5.91 Å². The van der Waals surface area contributed by atoms with Crippen molar-refractivity contribution >= 4 is 11.7 Å². The van der Waals surface area contributed by atoms with Crippen LogP contribution in [0.15, 0.2) is 30.5 Å². The molecule has 1 saturated heterocycles. The molecule has 0 saturated carbocycles. The maximum absolute atomic E-state index is 13.8. The minimum absolute atomic E-state index is 0.127. The predicted molar refractivity (Wildman–Crippen MR) is 101 cm³/mol. The second kappa shape index (κ2) is 7.61. The van der Waals surface area contributed by atoms with E-state index in [0.29, 0.717) is 24.4 Å². The number of nitrogens with zero attached hydrogens (tertiary/aromatic N) is 3. The molecular formula is C20H23F3N4O2. The van der Waals surface area contributed by atoms with Crippen molar-refractivity contribution in [1.29, 1.82) is 0 Å². The minimum atomic E-state index is -4.48. The first-order valence-electron chi connectivity index (χ1n) is 9.72. The van der Waals surface area contributed by atoms with Crippen molar-refractivity contribution in [3.8, 4) is 5.75 Å². The lowest BCUT2D eigenvalue weighted by Crippen LogP contribution is -2.38. The van der Waals surface area contributed by atoms with Gasteiger partial charge in [0.15, 0.2) is 6.04 Å². The Hall–Kier alpha value is -2.71. The normalized spacial score (nSPS) is 22.0. The molecule has 2 aliphatic heterocycles. The van der Waals surface area contributed by atoms with Gasteiger partial charge in [-0.3, -0.25) is 4.79 Å². The highest BCUT2D eigenvalue weighted by Gasteiger charge is 2.47. The summed E-state index contributed by atoms with van der Waals surface area (Å²) in [6, 6.07) is 4.52. The van der Waals surface area contributed by atoms with Crippen molar-refractivity contribution in [2.45, 2.75) is 43.9 Å². The molecule has 6 nitrogen and oxygen atoms in total. The molecule has 2 aromatic rings. The minimum Gasteiger partial charge on any atom is -0.497 e. The Morgan fingerprint density at radius 3 is 2.69 bits per heavy atom. The molecule has 29 heavy (non-hydrogen) atoms. The molecule has 0 aliphatic carbocycles. The molecule has 1 fully saturated rings. The second-order valence-electron chi connectivity index (χ2n) is 7.47. The Bertz CT molecular complexity index is 890. The lowest BCUT2D eigenvalue weighted by molar-refractivity contribution is -0.173. The number of hydrogen-bond acceptors (Lipinski definition) is 4. The largest absolute Gasteiger partial charge is 0.497 e. The van der Waals surface area contributed by atoms with Gasteiger partial charge >= 0.3 is 6.18 Å². The molecule has 0 radical (unpaired) electrons. The van der Waals surface area contributed by atoms with E-state index in [4.69, 9.17) is 4.74 Å². The molecule has 0 bridgehead atoms. The highest BCUT2D eigenvalue weighted by Crippen LogP contribution is 2.44. The molecule has 9 heteroatoms. The van der Waals surface area contributed by atoms with E-state index < -0.39 is 18.3 Å². The first kappa shape index (κ1) is 19.6. The number of rotatable bonds is 3. The average molecular weight is 408 g/mol.